The van der Waals surface area contributed by atoms with Crippen LogP contribution in [0, 0.1) is 0 Å². The van der Waals surface area contributed by atoms with Gasteiger partial charge < -0.3 is 14.2 Å². The number of rotatable bonds is 6. The van der Waals surface area contributed by atoms with Crippen LogP contribution in [-0.4, -0.2) is 47.2 Å². The molecule has 0 saturated carbocycles. The van der Waals surface area contributed by atoms with Crippen LogP contribution in [-0.2, 0) is 14.2 Å². The van der Waals surface area contributed by atoms with E-state index in [1.165, 1.54) is 26.7 Å². The Labute approximate surface area is 107 Å². The van der Waals surface area contributed by atoms with Crippen LogP contribution >= 0.6 is 0 Å². The van der Waals surface area contributed by atoms with Crippen molar-refractivity contribution < 1.29 is 14.2 Å². The normalized spacial score (nSPS) is 14.3. The largest absolute Gasteiger partial charge is 0.502 e. The van der Waals surface area contributed by atoms with Crippen LogP contribution in [0.4, 0.5) is 0 Å². The van der Waals surface area contributed by atoms with Crippen molar-refractivity contribution in [2.45, 2.75) is 6.92 Å². The lowest BCUT2D eigenvalue weighted by Crippen LogP contribution is -2.05. The molecule has 0 spiro atoms. The fourth-order valence-corrected chi connectivity index (χ4v) is 1.04. The molecular formula is C12H19N3O3. The summed E-state index contributed by atoms with van der Waals surface area (Å²) in [6.45, 7) is 5.21. The van der Waals surface area contributed by atoms with Crippen molar-refractivity contribution in [1.29, 1.82) is 0 Å². The van der Waals surface area contributed by atoms with Gasteiger partial charge in [0.25, 0.3) is 0 Å². The van der Waals surface area contributed by atoms with Crippen LogP contribution in [0.25, 0.3) is 0 Å². The van der Waals surface area contributed by atoms with Crippen molar-refractivity contribution in [2.24, 2.45) is 15.0 Å². The van der Waals surface area contributed by atoms with E-state index in [4.69, 9.17) is 14.2 Å². The van der Waals surface area contributed by atoms with E-state index in [-0.39, 0.29) is 0 Å². The second-order valence-electron chi connectivity index (χ2n) is 3.03. The molecule has 0 aliphatic carbocycles. The van der Waals surface area contributed by atoms with E-state index >= 15 is 0 Å². The van der Waals surface area contributed by atoms with Gasteiger partial charge in [-0.2, -0.15) is 0 Å². The summed E-state index contributed by atoms with van der Waals surface area (Å²) in [4.78, 5) is 11.9. The summed E-state index contributed by atoms with van der Waals surface area (Å²) in [5, 5.41) is 0. The minimum atomic E-state index is 0.353. The zero-order valence-electron chi connectivity index (χ0n) is 11.4. The van der Waals surface area contributed by atoms with Gasteiger partial charge in [0, 0.05) is 7.05 Å². The lowest BCUT2D eigenvalue weighted by molar-refractivity contribution is 0.291. The molecule has 0 fully saturated rings. The fourth-order valence-electron chi connectivity index (χ4n) is 1.04. The van der Waals surface area contributed by atoms with Crippen molar-refractivity contribution in [3.05, 3.63) is 23.4 Å². The van der Waals surface area contributed by atoms with E-state index < -0.39 is 0 Å². The molecule has 0 unspecified atom stereocenters. The topological polar surface area (TPSA) is 64.8 Å². The molecule has 6 heteroatoms. The van der Waals surface area contributed by atoms with Gasteiger partial charge in [-0.25, -0.2) is 4.99 Å². The molecule has 0 aromatic rings. The van der Waals surface area contributed by atoms with Gasteiger partial charge in [0.1, 0.15) is 17.7 Å². The molecule has 0 aromatic carbocycles. The first-order chi connectivity index (χ1) is 8.64. The minimum absolute atomic E-state index is 0.353. The quantitative estimate of drug-likeness (QED) is 0.412. The molecule has 100 valence electrons. The third-order valence-corrected chi connectivity index (χ3v) is 2.01. The smallest absolute Gasteiger partial charge is 0.237 e. The molecule has 0 aliphatic heterocycles. The second kappa shape index (κ2) is 8.98. The molecule has 0 N–H and O–H groups in total. The number of aliphatic imine (C=N–C) groups is 3. The molecule has 0 aliphatic rings. The zero-order valence-corrected chi connectivity index (χ0v) is 11.4. The van der Waals surface area contributed by atoms with Crippen molar-refractivity contribution in [3.63, 3.8) is 0 Å². The monoisotopic (exact) mass is 253 g/mol. The maximum Gasteiger partial charge on any atom is 0.237 e. The van der Waals surface area contributed by atoms with E-state index in [1.807, 2.05) is 0 Å². The maximum atomic E-state index is 5.06. The van der Waals surface area contributed by atoms with Gasteiger partial charge in [0.2, 0.25) is 5.90 Å². The molecule has 0 rings (SSSR count). The lowest BCUT2D eigenvalue weighted by atomic mass is 10.4. The predicted octanol–water partition coefficient (Wildman–Crippen LogP) is 1.80. The number of hydrogen-bond donors (Lipinski definition) is 0. The summed E-state index contributed by atoms with van der Waals surface area (Å²) in [6, 6.07) is 0. The summed E-state index contributed by atoms with van der Waals surface area (Å²) in [5.41, 5.74) is 0.957. The highest BCUT2D eigenvalue weighted by Gasteiger charge is 2.06. The molecule has 0 radical (unpaired) electrons. The highest BCUT2D eigenvalue weighted by atomic mass is 16.5. The van der Waals surface area contributed by atoms with Crippen molar-refractivity contribution in [2.75, 3.05) is 28.4 Å². The Kier molecular flexibility index (Phi) is 7.92. The van der Waals surface area contributed by atoms with E-state index in [9.17, 15) is 0 Å². The Hall–Kier alpha value is -2.11. The summed E-state index contributed by atoms with van der Waals surface area (Å²) < 4.78 is 15.0. The summed E-state index contributed by atoms with van der Waals surface area (Å²) in [7, 11) is 6.17. The van der Waals surface area contributed by atoms with Crippen LogP contribution in [0.5, 0.6) is 0 Å². The van der Waals surface area contributed by atoms with Crippen molar-refractivity contribution in [3.8, 4) is 0 Å². The van der Waals surface area contributed by atoms with Crippen LogP contribution < -0.4 is 0 Å². The van der Waals surface area contributed by atoms with Gasteiger partial charge in [-0.05, 0) is 13.6 Å². The van der Waals surface area contributed by atoms with Gasteiger partial charge in [-0.15, -0.1) is 0 Å². The van der Waals surface area contributed by atoms with Crippen LogP contribution in [0.2, 0.25) is 0 Å². The van der Waals surface area contributed by atoms with E-state index in [1.54, 1.807) is 21.1 Å². The molecular weight excluding hydrogens is 234 g/mol. The van der Waals surface area contributed by atoms with Crippen molar-refractivity contribution in [1.82, 2.24) is 0 Å². The standard InChI is InChI=1S/C12H19N3O3/c1-9(17-5)10(13-2)7-15-11(8-16-4)12(14-3)18-6/h7-8H,2H2,1,3-6H3/b10-9-,11-8-,14-12-,15-7+. The molecule has 18 heavy (non-hydrogen) atoms. The van der Waals surface area contributed by atoms with Gasteiger partial charge in [-0.3, -0.25) is 9.98 Å². The third-order valence-electron chi connectivity index (χ3n) is 2.01. The molecule has 0 saturated heterocycles. The summed E-state index contributed by atoms with van der Waals surface area (Å²) >= 11 is 0. The molecule has 0 heterocycles. The summed E-state index contributed by atoms with van der Waals surface area (Å²) in [6.07, 6.45) is 2.92. The van der Waals surface area contributed by atoms with Crippen LogP contribution in [0.15, 0.2) is 38.4 Å². The molecule has 6 nitrogen and oxygen atoms in total. The van der Waals surface area contributed by atoms with Crippen molar-refractivity contribution >= 4 is 18.8 Å². The average Bonchev–Trinajstić information content (AvgIpc) is 2.40. The predicted molar refractivity (Wildman–Crippen MR) is 73.2 cm³/mol. The van der Waals surface area contributed by atoms with Crippen LogP contribution in [0.3, 0.4) is 0 Å². The fraction of sp³-hybridized carbons (Fsp3) is 0.417. The Morgan fingerprint density at radius 2 is 1.83 bits per heavy atom. The Morgan fingerprint density at radius 1 is 1.17 bits per heavy atom. The maximum absolute atomic E-state index is 5.06. The van der Waals surface area contributed by atoms with E-state index in [2.05, 4.69) is 21.7 Å². The lowest BCUT2D eigenvalue weighted by Gasteiger charge is -2.05. The van der Waals surface area contributed by atoms with Crippen LogP contribution in [0.1, 0.15) is 6.92 Å². The first kappa shape index (κ1) is 15.9. The second-order valence-corrected chi connectivity index (χ2v) is 3.03. The average molecular weight is 253 g/mol. The molecule has 0 bridgehead atoms. The molecule has 0 amide bonds. The Bertz CT molecular complexity index is 395. The third kappa shape index (κ3) is 4.82. The first-order valence-electron chi connectivity index (χ1n) is 5.14. The molecule has 0 aromatic heterocycles. The highest BCUT2D eigenvalue weighted by molar-refractivity contribution is 5.95. The van der Waals surface area contributed by atoms with Gasteiger partial charge in [-0.1, -0.05) is 0 Å². The molecule has 0 atom stereocenters. The number of nitrogens with zero attached hydrogens (tertiary/aromatic N) is 3. The SMILES string of the molecule is C=NC(/C=N/C(=C\OC)C(=N/C)/OC)=C(/C)OC. The first-order valence-corrected chi connectivity index (χ1v) is 5.14. The number of hydrogen-bond acceptors (Lipinski definition) is 6. The minimum Gasteiger partial charge on any atom is -0.502 e. The number of ether oxygens (including phenoxy) is 3. The number of methoxy groups -OCH3 is 3. The highest BCUT2D eigenvalue weighted by Crippen LogP contribution is 2.07. The Balaban J connectivity index is 5.24. The summed E-state index contributed by atoms with van der Waals surface area (Å²) in [5.74, 6) is 0.963. The Morgan fingerprint density at radius 3 is 2.22 bits per heavy atom. The van der Waals surface area contributed by atoms with E-state index in [0.717, 1.165) is 0 Å². The van der Waals surface area contributed by atoms with Gasteiger partial charge in [0.15, 0.2) is 5.70 Å². The van der Waals surface area contributed by atoms with E-state index in [0.29, 0.717) is 23.1 Å². The zero-order chi connectivity index (χ0) is 14.0. The van der Waals surface area contributed by atoms with Gasteiger partial charge >= 0.3 is 0 Å². The van der Waals surface area contributed by atoms with Gasteiger partial charge in [0.05, 0.1) is 27.5 Å². The number of allylic oxidation sites excluding steroid dienone is 2.